The molecule has 0 atom stereocenters. The van der Waals surface area contributed by atoms with E-state index in [0.717, 1.165) is 86.5 Å². The Morgan fingerprint density at radius 2 is 1.36 bits per heavy atom. The molecule has 0 unspecified atom stereocenters. The fourth-order valence-corrected chi connectivity index (χ4v) is 8.83. The Morgan fingerprint density at radius 1 is 0.818 bits per heavy atom. The molecule has 1 N–H and O–H groups in total. The molecular formula is C47H59F3IrNO2S-. The van der Waals surface area contributed by atoms with E-state index in [4.69, 9.17) is 0 Å². The molecule has 0 aliphatic heterocycles. The summed E-state index contributed by atoms with van der Waals surface area (Å²) in [5, 5.41) is 14.1. The predicted octanol–water partition coefficient (Wildman–Crippen LogP) is 14.1. The van der Waals surface area contributed by atoms with E-state index in [1.807, 2.05) is 68.8 Å². The standard InChI is InChI=1S/C34H35F3NS.C13H24O2.Ir/c1-8-33(6,9-2)28-19-27(21(3)23-14-10-11-15-24(23)28)29-31-26(17-18-38(29)7)25-16-12-13-22(30(25)39-31)20-32(4,5)34(35,36)37;1-5-10(6-2)12(14)9-13(15)11(7-3)8-4;/h10-19H,3,7-9,20H2,1-2,4-6H3;9-11,14H,5-8H2,1-4H3;/q-1;;/b;12-9-;. The first-order valence-corrected chi connectivity index (χ1v) is 20.3. The van der Waals surface area contributed by atoms with E-state index in [1.165, 1.54) is 30.9 Å². The maximum absolute atomic E-state index is 13.8. The monoisotopic (exact) mass is 951 g/mol. The van der Waals surface area contributed by atoms with Crippen molar-refractivity contribution in [3.63, 3.8) is 0 Å². The molecule has 0 aliphatic carbocycles. The maximum atomic E-state index is 13.8. The van der Waals surface area contributed by atoms with Gasteiger partial charge in [0.1, 0.15) is 0 Å². The van der Waals surface area contributed by atoms with Gasteiger partial charge >= 0.3 is 6.18 Å². The summed E-state index contributed by atoms with van der Waals surface area (Å²) in [4.78, 5) is 11.7. The van der Waals surface area contributed by atoms with Crippen molar-refractivity contribution >= 4 is 48.1 Å². The number of rotatable bonds is 13. The van der Waals surface area contributed by atoms with Crippen LogP contribution in [0.2, 0.25) is 0 Å². The van der Waals surface area contributed by atoms with Crippen molar-refractivity contribution in [3.05, 3.63) is 103 Å². The molecule has 3 nitrogen and oxygen atoms in total. The minimum Gasteiger partial charge on any atom is -0.512 e. The van der Waals surface area contributed by atoms with Gasteiger partial charge in [-0.05, 0) is 72.8 Å². The zero-order chi connectivity index (χ0) is 40.2. The van der Waals surface area contributed by atoms with Crippen molar-refractivity contribution in [1.29, 1.82) is 0 Å². The molecule has 2 aromatic heterocycles. The van der Waals surface area contributed by atoms with Crippen molar-refractivity contribution in [2.45, 2.75) is 119 Å². The van der Waals surface area contributed by atoms with Gasteiger partial charge in [0.15, 0.2) is 5.78 Å². The number of aliphatic hydroxyl groups is 1. The predicted molar refractivity (Wildman–Crippen MR) is 223 cm³/mol. The Bertz CT molecular complexity index is 2120. The Kier molecular flexibility index (Phi) is 15.7. The summed E-state index contributed by atoms with van der Waals surface area (Å²) in [5.74, 6) is 0.547. The largest absolute Gasteiger partial charge is 0.512 e. The van der Waals surface area contributed by atoms with Crippen LogP contribution in [-0.2, 0) is 36.7 Å². The number of alkyl halides is 3. The summed E-state index contributed by atoms with van der Waals surface area (Å²) >= 11 is 1.56. The number of thiophene rings is 1. The van der Waals surface area contributed by atoms with Crippen LogP contribution in [0, 0.1) is 31.2 Å². The van der Waals surface area contributed by atoms with Gasteiger partial charge in [0.05, 0.1) is 23.1 Å². The van der Waals surface area contributed by atoms with Crippen LogP contribution < -0.4 is 4.57 Å². The van der Waals surface area contributed by atoms with Gasteiger partial charge in [-0.25, -0.2) is 0 Å². The molecule has 0 spiro atoms. The van der Waals surface area contributed by atoms with Crippen LogP contribution in [0.5, 0.6) is 0 Å². The van der Waals surface area contributed by atoms with Gasteiger partial charge in [0.2, 0.25) is 0 Å². The molecule has 55 heavy (non-hydrogen) atoms. The Morgan fingerprint density at radius 3 is 1.91 bits per heavy atom. The molecule has 0 bridgehead atoms. The number of hydrogen-bond donors (Lipinski definition) is 1. The summed E-state index contributed by atoms with van der Waals surface area (Å²) in [5.41, 5.74) is 3.06. The van der Waals surface area contributed by atoms with Crippen LogP contribution in [0.4, 0.5) is 13.2 Å². The molecule has 0 amide bonds. The van der Waals surface area contributed by atoms with Crippen LogP contribution in [0.3, 0.4) is 0 Å². The van der Waals surface area contributed by atoms with E-state index in [0.29, 0.717) is 0 Å². The Balaban J connectivity index is 0.000000433. The molecule has 301 valence electrons. The summed E-state index contributed by atoms with van der Waals surface area (Å²) in [6.45, 7) is 21.9. The first-order valence-electron chi connectivity index (χ1n) is 19.5. The van der Waals surface area contributed by atoms with Crippen molar-refractivity contribution < 1.29 is 47.7 Å². The third kappa shape index (κ3) is 9.46. The summed E-state index contributed by atoms with van der Waals surface area (Å²) in [6, 6.07) is 18.5. The number of aromatic nitrogens is 1. The molecule has 0 aliphatic rings. The van der Waals surface area contributed by atoms with E-state index in [9.17, 15) is 23.1 Å². The second-order valence-electron chi connectivity index (χ2n) is 15.6. The normalized spacial score (nSPS) is 12.7. The van der Waals surface area contributed by atoms with Gasteiger partial charge in [-0.3, -0.25) is 4.79 Å². The third-order valence-corrected chi connectivity index (χ3v) is 13.2. The van der Waals surface area contributed by atoms with E-state index in [-0.39, 0.29) is 55.3 Å². The van der Waals surface area contributed by atoms with Gasteiger partial charge in [-0.15, -0.1) is 34.4 Å². The van der Waals surface area contributed by atoms with Crippen LogP contribution in [-0.4, -0.2) is 17.1 Å². The smallest absolute Gasteiger partial charge is 0.394 e. The topological polar surface area (TPSA) is 41.2 Å². The molecule has 0 saturated carbocycles. The number of allylic oxidation sites excluding steroid dienone is 2. The number of hydrogen-bond acceptors (Lipinski definition) is 3. The number of pyridine rings is 1. The molecule has 5 aromatic rings. The molecule has 2 heterocycles. The quantitative estimate of drug-likeness (QED) is 0.0553. The third-order valence-electron chi connectivity index (χ3n) is 11.9. The van der Waals surface area contributed by atoms with E-state index in [2.05, 4.69) is 59.0 Å². The van der Waals surface area contributed by atoms with Gasteiger partial charge in [-0.2, -0.15) is 25.7 Å². The van der Waals surface area contributed by atoms with Crippen LogP contribution in [0.15, 0.2) is 72.6 Å². The second kappa shape index (κ2) is 18.7. The maximum Gasteiger partial charge on any atom is 0.394 e. The van der Waals surface area contributed by atoms with Gasteiger partial charge in [0.25, 0.3) is 0 Å². The van der Waals surface area contributed by atoms with Gasteiger partial charge in [0, 0.05) is 54.5 Å². The zero-order valence-electron chi connectivity index (χ0n) is 34.0. The molecule has 3 aromatic carbocycles. The van der Waals surface area contributed by atoms with Crippen molar-refractivity contribution in [3.8, 4) is 11.3 Å². The molecule has 0 fully saturated rings. The molecule has 8 heteroatoms. The van der Waals surface area contributed by atoms with E-state index < -0.39 is 11.6 Å². The molecule has 5 rings (SSSR count). The first kappa shape index (κ1) is 46.1. The number of halogens is 3. The minimum atomic E-state index is -4.29. The molecule has 1 radical (unpaired) electrons. The molecule has 0 saturated heterocycles. The van der Waals surface area contributed by atoms with Gasteiger partial charge in [-0.1, -0.05) is 110 Å². The number of fused-ring (bicyclic) bond motifs is 4. The fraction of sp³-hybridized carbons (Fsp3) is 0.447. The number of carbonyl (C=O) groups is 1. The Labute approximate surface area is 344 Å². The number of nitrogens with zero attached hydrogens (tertiary/aromatic N) is 1. The SMILES string of the molecule is CCC(CC)C(=O)/C=C(\O)C(CC)CC.[CH2-]c1c(-c2c3sc4c(CC(C)(C)C(F)(F)F)cccc4c3cc[n+]2[CH2-])cc(C(C)(CC)CC)c2ccccc12.[Ir]. The first-order chi connectivity index (χ1) is 25.4. The molecular weight excluding hydrogens is 892 g/mol. The number of carbonyl (C=O) groups excluding carboxylic acids is 1. The van der Waals surface area contributed by atoms with E-state index >= 15 is 0 Å². The summed E-state index contributed by atoms with van der Waals surface area (Å²) in [7, 11) is 4.33. The second-order valence-corrected chi connectivity index (χ2v) is 16.6. The van der Waals surface area contributed by atoms with Crippen molar-refractivity contribution in [1.82, 2.24) is 0 Å². The Hall–Kier alpha value is -3.32. The summed E-state index contributed by atoms with van der Waals surface area (Å²) < 4.78 is 45.2. The summed E-state index contributed by atoms with van der Waals surface area (Å²) in [6.07, 6.45) is 4.49. The van der Waals surface area contributed by atoms with E-state index in [1.54, 1.807) is 11.3 Å². The van der Waals surface area contributed by atoms with Gasteiger partial charge < -0.3 is 9.67 Å². The average molecular weight is 951 g/mol. The van der Waals surface area contributed by atoms with Crippen LogP contribution >= 0.6 is 11.3 Å². The van der Waals surface area contributed by atoms with Crippen LogP contribution in [0.1, 0.15) is 118 Å². The number of ketones is 1. The number of benzene rings is 3. The number of aliphatic hydroxyl groups excluding tert-OH is 1. The fourth-order valence-electron chi connectivity index (χ4n) is 7.46. The van der Waals surface area contributed by atoms with Crippen LogP contribution in [0.25, 0.3) is 42.2 Å². The average Bonchev–Trinajstić information content (AvgIpc) is 3.52. The van der Waals surface area contributed by atoms with Crippen molar-refractivity contribution in [2.24, 2.45) is 17.3 Å². The van der Waals surface area contributed by atoms with Crippen molar-refractivity contribution in [2.75, 3.05) is 0 Å². The minimum absolute atomic E-state index is 0. The zero-order valence-corrected chi connectivity index (χ0v) is 37.3.